The van der Waals surface area contributed by atoms with E-state index >= 15 is 0 Å². The van der Waals surface area contributed by atoms with Crippen molar-refractivity contribution >= 4 is 12.3 Å². The Labute approximate surface area is 85.7 Å². The molecule has 1 rings (SSSR count). The second-order valence-corrected chi connectivity index (χ2v) is 2.15. The predicted molar refractivity (Wildman–Crippen MR) is 50.1 cm³/mol. The third kappa shape index (κ3) is 8.10. The lowest BCUT2D eigenvalue weighted by Crippen LogP contribution is -2.02. The van der Waals surface area contributed by atoms with Crippen LogP contribution in [0.25, 0.3) is 0 Å². The first-order chi connectivity index (χ1) is 7.06. The number of para-hydroxylation sites is 1. The molecule has 0 saturated carbocycles. The Morgan fingerprint density at radius 2 is 1.53 bits per heavy atom. The molecule has 0 bridgehead atoms. The second-order valence-electron chi connectivity index (χ2n) is 2.15. The Kier molecular flexibility index (Phi) is 6.12. The summed E-state index contributed by atoms with van der Waals surface area (Å²) in [5.41, 5.74) is 0. The molecule has 0 heterocycles. The van der Waals surface area contributed by atoms with Crippen molar-refractivity contribution in [3.63, 3.8) is 0 Å². The van der Waals surface area contributed by atoms with Crippen LogP contribution in [-0.2, 0) is 4.74 Å². The van der Waals surface area contributed by atoms with Crippen molar-refractivity contribution < 1.29 is 29.3 Å². The second kappa shape index (κ2) is 7.19. The summed E-state index contributed by atoms with van der Waals surface area (Å²) in [4.78, 5) is 19.1. The van der Waals surface area contributed by atoms with Gasteiger partial charge in [-0.15, -0.1) is 0 Å². The Balaban J connectivity index is 0.000000336. The van der Waals surface area contributed by atoms with Crippen LogP contribution in [0.3, 0.4) is 0 Å². The van der Waals surface area contributed by atoms with Crippen molar-refractivity contribution in [1.82, 2.24) is 0 Å². The summed E-state index contributed by atoms with van der Waals surface area (Å²) >= 11 is 0. The zero-order valence-electron chi connectivity index (χ0n) is 7.91. The minimum atomic E-state index is -1.29. The highest BCUT2D eigenvalue weighted by Gasteiger charge is 1.96. The van der Waals surface area contributed by atoms with Gasteiger partial charge in [0.05, 0.1) is 7.11 Å². The van der Waals surface area contributed by atoms with Crippen LogP contribution in [-0.4, -0.2) is 29.6 Å². The first kappa shape index (κ1) is 12.8. The minimum Gasteiger partial charge on any atom is -0.450 e. The summed E-state index contributed by atoms with van der Waals surface area (Å²) in [6.07, 6.45) is -2.53. The number of rotatable bonds is 1. The van der Waals surface area contributed by atoms with Crippen LogP contribution in [0.15, 0.2) is 30.3 Å². The molecule has 0 aliphatic heterocycles. The number of carboxylic acid groups (broad SMARTS) is 2. The number of hydrogen-bond donors (Lipinski definition) is 2. The van der Waals surface area contributed by atoms with Gasteiger partial charge in [-0.05, 0) is 12.1 Å². The van der Waals surface area contributed by atoms with Crippen LogP contribution in [0.2, 0.25) is 0 Å². The zero-order valence-corrected chi connectivity index (χ0v) is 7.91. The van der Waals surface area contributed by atoms with Crippen molar-refractivity contribution in [3.8, 4) is 5.75 Å². The molecule has 82 valence electrons. The lowest BCUT2D eigenvalue weighted by Gasteiger charge is -1.95. The van der Waals surface area contributed by atoms with E-state index in [1.54, 1.807) is 30.3 Å². The molecule has 15 heavy (non-hydrogen) atoms. The molecule has 6 nitrogen and oxygen atoms in total. The summed E-state index contributed by atoms with van der Waals surface area (Å²) < 4.78 is 8.00. The van der Waals surface area contributed by atoms with Crippen LogP contribution in [0.1, 0.15) is 0 Å². The molecule has 2 N–H and O–H groups in total. The molecule has 0 aliphatic carbocycles. The van der Waals surface area contributed by atoms with Gasteiger partial charge in [0.2, 0.25) is 0 Å². The molecule has 0 fully saturated rings. The highest BCUT2D eigenvalue weighted by molar-refractivity contribution is 5.60. The van der Waals surface area contributed by atoms with Gasteiger partial charge < -0.3 is 19.7 Å². The number of methoxy groups -OCH3 is 1. The van der Waals surface area contributed by atoms with Crippen LogP contribution in [0, 0.1) is 0 Å². The number of ether oxygens (including phenoxy) is 2. The van der Waals surface area contributed by atoms with Crippen LogP contribution >= 0.6 is 0 Å². The molecule has 6 heteroatoms. The maximum atomic E-state index is 9.95. The average molecular weight is 214 g/mol. The van der Waals surface area contributed by atoms with Crippen molar-refractivity contribution in [1.29, 1.82) is 0 Å². The lowest BCUT2D eigenvalue weighted by atomic mass is 10.3. The standard InChI is InChI=1S/C7H6O3.C2H4O3/c8-7(9)10-6-4-2-1-3-5-6;1-5-2(3)4/h1-5H,(H,8,9);1H3,(H,3,4). The first-order valence-electron chi connectivity index (χ1n) is 3.79. The topological polar surface area (TPSA) is 93.1 Å². The van der Waals surface area contributed by atoms with Gasteiger partial charge in [-0.25, -0.2) is 9.59 Å². The van der Waals surface area contributed by atoms with Crippen LogP contribution < -0.4 is 4.74 Å². The van der Waals surface area contributed by atoms with Gasteiger partial charge in [0, 0.05) is 0 Å². The van der Waals surface area contributed by atoms with E-state index in [9.17, 15) is 4.79 Å². The molecule has 0 spiro atoms. The van der Waals surface area contributed by atoms with Crippen molar-refractivity contribution in [2.45, 2.75) is 0 Å². The largest absolute Gasteiger partial charge is 0.511 e. The summed E-state index contributed by atoms with van der Waals surface area (Å²) in [6, 6.07) is 8.35. The summed E-state index contributed by atoms with van der Waals surface area (Å²) in [5.74, 6) is 0.343. The molecule has 0 aliphatic rings. The van der Waals surface area contributed by atoms with Crippen molar-refractivity contribution in [2.75, 3.05) is 7.11 Å². The Bertz CT molecular complexity index is 308. The van der Waals surface area contributed by atoms with E-state index in [2.05, 4.69) is 9.47 Å². The molecule has 0 radical (unpaired) electrons. The average Bonchev–Trinajstić information content (AvgIpc) is 2.19. The quantitative estimate of drug-likeness (QED) is 0.549. The molecular weight excluding hydrogens is 204 g/mol. The molecule has 0 atom stereocenters. The Morgan fingerprint density at radius 3 is 1.87 bits per heavy atom. The van der Waals surface area contributed by atoms with E-state index in [0.717, 1.165) is 7.11 Å². The Morgan fingerprint density at radius 1 is 1.07 bits per heavy atom. The predicted octanol–water partition coefficient (Wildman–Crippen LogP) is 2.05. The van der Waals surface area contributed by atoms with E-state index in [4.69, 9.17) is 15.0 Å². The van der Waals surface area contributed by atoms with E-state index in [0.29, 0.717) is 5.75 Å². The third-order valence-corrected chi connectivity index (χ3v) is 1.12. The van der Waals surface area contributed by atoms with Gasteiger partial charge in [-0.2, -0.15) is 0 Å². The fourth-order valence-electron chi connectivity index (χ4n) is 0.589. The van der Waals surface area contributed by atoms with Gasteiger partial charge in [0.1, 0.15) is 5.75 Å². The van der Waals surface area contributed by atoms with E-state index in [1.165, 1.54) is 0 Å². The number of carbonyl (C=O) groups is 2. The fraction of sp³-hybridized carbons (Fsp3) is 0.111. The molecule has 0 saturated heterocycles. The SMILES string of the molecule is COC(=O)O.O=C(O)Oc1ccccc1. The van der Waals surface area contributed by atoms with Gasteiger partial charge in [-0.1, -0.05) is 18.2 Å². The number of benzene rings is 1. The highest BCUT2D eigenvalue weighted by Crippen LogP contribution is 2.07. The summed E-state index contributed by atoms with van der Waals surface area (Å²) in [6.45, 7) is 0. The molecule has 0 amide bonds. The van der Waals surface area contributed by atoms with Crippen molar-refractivity contribution in [3.05, 3.63) is 30.3 Å². The van der Waals surface area contributed by atoms with Gasteiger partial charge >= 0.3 is 12.3 Å². The molecule has 1 aromatic rings. The zero-order chi connectivity index (χ0) is 11.7. The van der Waals surface area contributed by atoms with Gasteiger partial charge in [0.25, 0.3) is 0 Å². The first-order valence-corrected chi connectivity index (χ1v) is 3.79. The maximum Gasteiger partial charge on any atom is 0.511 e. The third-order valence-electron chi connectivity index (χ3n) is 1.12. The van der Waals surface area contributed by atoms with E-state index in [1.807, 2.05) is 0 Å². The Hall–Kier alpha value is -2.24. The molecular formula is C9H10O6. The summed E-state index contributed by atoms with van der Waals surface area (Å²) in [5, 5.41) is 15.6. The molecule has 0 aromatic heterocycles. The monoisotopic (exact) mass is 214 g/mol. The smallest absolute Gasteiger partial charge is 0.450 e. The van der Waals surface area contributed by atoms with E-state index in [-0.39, 0.29) is 0 Å². The minimum absolute atomic E-state index is 0.343. The van der Waals surface area contributed by atoms with Gasteiger partial charge in [-0.3, -0.25) is 0 Å². The van der Waals surface area contributed by atoms with E-state index < -0.39 is 12.3 Å². The number of hydrogen-bond acceptors (Lipinski definition) is 4. The van der Waals surface area contributed by atoms with Crippen LogP contribution in [0.5, 0.6) is 5.75 Å². The lowest BCUT2D eigenvalue weighted by molar-refractivity contribution is 0.113. The molecule has 0 unspecified atom stereocenters. The highest BCUT2D eigenvalue weighted by atomic mass is 16.7. The van der Waals surface area contributed by atoms with Crippen molar-refractivity contribution in [2.24, 2.45) is 0 Å². The fourth-order valence-corrected chi connectivity index (χ4v) is 0.589. The van der Waals surface area contributed by atoms with Crippen LogP contribution in [0.4, 0.5) is 9.59 Å². The summed E-state index contributed by atoms with van der Waals surface area (Å²) in [7, 11) is 1.10. The maximum absolute atomic E-state index is 9.95. The normalized spacial score (nSPS) is 8.07. The molecule has 1 aromatic carbocycles. The van der Waals surface area contributed by atoms with Gasteiger partial charge in [0.15, 0.2) is 0 Å².